The molecule has 1 aliphatic heterocycles. The topological polar surface area (TPSA) is 38.1 Å². The molecule has 0 aliphatic carbocycles. The highest BCUT2D eigenvalue weighted by Gasteiger charge is 2.21. The predicted octanol–water partition coefficient (Wildman–Crippen LogP) is 4.90. The molecular weight excluding hydrogens is 389 g/mol. The van der Waals surface area contributed by atoms with Gasteiger partial charge in [-0.25, -0.2) is 9.37 Å². The van der Waals surface area contributed by atoms with Gasteiger partial charge in [0.1, 0.15) is 11.6 Å². The molecule has 0 radical (unpaired) electrons. The summed E-state index contributed by atoms with van der Waals surface area (Å²) in [7, 11) is 0. The van der Waals surface area contributed by atoms with E-state index in [1.165, 1.54) is 6.07 Å². The molecule has 2 heterocycles. The van der Waals surface area contributed by atoms with Crippen molar-refractivity contribution in [2.24, 2.45) is 5.92 Å². The van der Waals surface area contributed by atoms with Crippen LogP contribution in [0.15, 0.2) is 41.2 Å². The summed E-state index contributed by atoms with van der Waals surface area (Å²) in [6.45, 7) is 7.90. The number of hydrogen-bond acceptors (Lipinski definition) is 3. The molecule has 0 unspecified atom stereocenters. The zero-order valence-corrected chi connectivity index (χ0v) is 17.5. The molecule has 3 aromatic rings. The molecule has 0 bridgehead atoms. The maximum absolute atomic E-state index is 14.5. The third-order valence-electron chi connectivity index (χ3n) is 5.90. The Balaban J connectivity index is 1.75. The summed E-state index contributed by atoms with van der Waals surface area (Å²) in [6, 6.07) is 10.2. The maximum atomic E-state index is 14.5. The van der Waals surface area contributed by atoms with Gasteiger partial charge in [0.05, 0.1) is 15.9 Å². The normalized spacial score (nSPS) is 17.7. The van der Waals surface area contributed by atoms with Gasteiger partial charge < -0.3 is 4.90 Å². The van der Waals surface area contributed by atoms with Gasteiger partial charge in [-0.15, -0.1) is 0 Å². The number of piperidine rings is 1. The minimum atomic E-state index is -0.476. The van der Waals surface area contributed by atoms with Crippen LogP contribution >= 0.6 is 11.6 Å². The van der Waals surface area contributed by atoms with E-state index < -0.39 is 5.82 Å². The van der Waals surface area contributed by atoms with Crippen LogP contribution in [0.1, 0.15) is 25.6 Å². The van der Waals surface area contributed by atoms with Crippen LogP contribution in [0.2, 0.25) is 5.02 Å². The third-order valence-corrected chi connectivity index (χ3v) is 6.19. The zero-order chi connectivity index (χ0) is 20.5. The lowest BCUT2D eigenvalue weighted by molar-refractivity contribution is 0.168. The van der Waals surface area contributed by atoms with E-state index in [0.29, 0.717) is 34.5 Å². The molecule has 1 aromatic heterocycles. The SMILES string of the molecule is CCN1CCC[C@H](Cn2c(C)nc3ccc(-c4cccc(Cl)c4F)cc3c2=O)C1. The quantitative estimate of drug-likeness (QED) is 0.610. The minimum Gasteiger partial charge on any atom is -0.303 e. The highest BCUT2D eigenvalue weighted by Crippen LogP contribution is 2.29. The molecule has 1 saturated heterocycles. The van der Waals surface area contributed by atoms with Gasteiger partial charge in [-0.1, -0.05) is 36.7 Å². The highest BCUT2D eigenvalue weighted by atomic mass is 35.5. The highest BCUT2D eigenvalue weighted by molar-refractivity contribution is 6.31. The number of aromatic nitrogens is 2. The van der Waals surface area contributed by atoms with Gasteiger partial charge in [-0.3, -0.25) is 9.36 Å². The lowest BCUT2D eigenvalue weighted by Crippen LogP contribution is -2.38. The summed E-state index contributed by atoms with van der Waals surface area (Å²) in [5, 5.41) is 0.579. The average Bonchev–Trinajstić information content (AvgIpc) is 2.73. The number of hydrogen-bond donors (Lipinski definition) is 0. The molecule has 29 heavy (non-hydrogen) atoms. The van der Waals surface area contributed by atoms with Crippen molar-refractivity contribution in [2.75, 3.05) is 19.6 Å². The Morgan fingerprint density at radius 2 is 2.10 bits per heavy atom. The number of halogens is 2. The van der Waals surface area contributed by atoms with Gasteiger partial charge in [0.25, 0.3) is 5.56 Å². The summed E-state index contributed by atoms with van der Waals surface area (Å²) in [5.41, 5.74) is 1.58. The van der Waals surface area contributed by atoms with Crippen LogP contribution in [0.25, 0.3) is 22.0 Å². The van der Waals surface area contributed by atoms with Crippen LogP contribution in [-0.2, 0) is 6.54 Å². The van der Waals surface area contributed by atoms with Crippen LogP contribution in [0.5, 0.6) is 0 Å². The van der Waals surface area contributed by atoms with Crippen molar-refractivity contribution in [3.8, 4) is 11.1 Å². The van der Waals surface area contributed by atoms with E-state index in [0.717, 1.165) is 38.3 Å². The van der Waals surface area contributed by atoms with Gasteiger partial charge >= 0.3 is 0 Å². The van der Waals surface area contributed by atoms with Gasteiger partial charge in [-0.2, -0.15) is 0 Å². The molecule has 1 fully saturated rings. The molecular formula is C23H25ClFN3O. The Hall–Kier alpha value is -2.24. The number of nitrogens with zero attached hydrogens (tertiary/aromatic N) is 3. The lowest BCUT2D eigenvalue weighted by atomic mass is 9.97. The van der Waals surface area contributed by atoms with Crippen molar-refractivity contribution in [1.82, 2.24) is 14.5 Å². The van der Waals surface area contributed by atoms with Gasteiger partial charge in [-0.05, 0) is 62.5 Å². The molecule has 4 nitrogen and oxygen atoms in total. The van der Waals surface area contributed by atoms with E-state index >= 15 is 0 Å². The van der Waals surface area contributed by atoms with Crippen molar-refractivity contribution in [3.63, 3.8) is 0 Å². The Morgan fingerprint density at radius 3 is 2.90 bits per heavy atom. The number of fused-ring (bicyclic) bond motifs is 1. The van der Waals surface area contributed by atoms with E-state index in [2.05, 4.69) is 16.8 Å². The maximum Gasteiger partial charge on any atom is 0.261 e. The standard InChI is InChI=1S/C23H25ClFN3O/c1-3-27-11-5-6-16(13-27)14-28-15(2)26-21-10-9-17(12-19(21)23(28)29)18-7-4-8-20(24)22(18)25/h4,7-10,12,16H,3,5-6,11,13-14H2,1-2H3/t16-/m0/s1. The van der Waals surface area contributed by atoms with Crippen molar-refractivity contribution >= 4 is 22.5 Å². The van der Waals surface area contributed by atoms with Crippen LogP contribution in [0, 0.1) is 18.7 Å². The Bertz CT molecular complexity index is 1110. The van der Waals surface area contributed by atoms with Gasteiger partial charge in [0, 0.05) is 18.7 Å². The minimum absolute atomic E-state index is 0.0644. The summed E-state index contributed by atoms with van der Waals surface area (Å²) in [5.74, 6) is 0.682. The number of rotatable bonds is 4. The third kappa shape index (κ3) is 3.94. The van der Waals surface area contributed by atoms with Crippen molar-refractivity contribution in [2.45, 2.75) is 33.2 Å². The fourth-order valence-corrected chi connectivity index (χ4v) is 4.46. The second kappa shape index (κ2) is 8.25. The molecule has 4 rings (SSSR count). The van der Waals surface area contributed by atoms with Crippen LogP contribution in [0.3, 0.4) is 0 Å². The van der Waals surface area contributed by atoms with E-state index in [9.17, 15) is 9.18 Å². The fraction of sp³-hybridized carbons (Fsp3) is 0.391. The summed E-state index contributed by atoms with van der Waals surface area (Å²) < 4.78 is 16.3. The van der Waals surface area contributed by atoms with E-state index in [-0.39, 0.29) is 10.6 Å². The largest absolute Gasteiger partial charge is 0.303 e. The molecule has 1 aliphatic rings. The van der Waals surface area contributed by atoms with Crippen molar-refractivity contribution in [3.05, 3.63) is 63.4 Å². The Morgan fingerprint density at radius 1 is 1.28 bits per heavy atom. The van der Waals surface area contributed by atoms with Crippen LogP contribution in [-0.4, -0.2) is 34.1 Å². The zero-order valence-electron chi connectivity index (χ0n) is 16.8. The van der Waals surface area contributed by atoms with Crippen LogP contribution < -0.4 is 5.56 Å². The van der Waals surface area contributed by atoms with Gasteiger partial charge in [0.15, 0.2) is 0 Å². The molecule has 152 valence electrons. The summed E-state index contributed by atoms with van der Waals surface area (Å²) >= 11 is 5.93. The molecule has 0 saturated carbocycles. The molecule has 0 spiro atoms. The summed E-state index contributed by atoms with van der Waals surface area (Å²) in [4.78, 5) is 20.4. The van der Waals surface area contributed by atoms with Crippen LogP contribution in [0.4, 0.5) is 4.39 Å². The second-order valence-electron chi connectivity index (χ2n) is 7.81. The first-order valence-electron chi connectivity index (χ1n) is 10.2. The lowest BCUT2D eigenvalue weighted by Gasteiger charge is -2.32. The Kier molecular flexibility index (Phi) is 5.70. The average molecular weight is 414 g/mol. The second-order valence-corrected chi connectivity index (χ2v) is 8.22. The fourth-order valence-electron chi connectivity index (χ4n) is 4.29. The number of aryl methyl sites for hydroxylation is 1. The molecule has 6 heteroatoms. The van der Waals surface area contributed by atoms with E-state index in [4.69, 9.17) is 11.6 Å². The number of likely N-dealkylation sites (tertiary alicyclic amines) is 1. The molecule has 2 aromatic carbocycles. The predicted molar refractivity (Wildman–Crippen MR) is 116 cm³/mol. The van der Waals surface area contributed by atoms with Gasteiger partial charge in [0.2, 0.25) is 0 Å². The summed E-state index contributed by atoms with van der Waals surface area (Å²) in [6.07, 6.45) is 2.28. The number of benzene rings is 2. The molecule has 0 N–H and O–H groups in total. The van der Waals surface area contributed by atoms with Crippen molar-refractivity contribution < 1.29 is 4.39 Å². The smallest absolute Gasteiger partial charge is 0.261 e. The first-order valence-corrected chi connectivity index (χ1v) is 10.5. The van der Waals surface area contributed by atoms with E-state index in [1.54, 1.807) is 34.9 Å². The van der Waals surface area contributed by atoms with E-state index in [1.807, 2.05) is 6.92 Å². The first kappa shape index (κ1) is 20.0. The first-order chi connectivity index (χ1) is 14.0. The molecule has 1 atom stereocenters. The van der Waals surface area contributed by atoms with Crippen molar-refractivity contribution in [1.29, 1.82) is 0 Å². The Labute approximate surface area is 174 Å². The monoisotopic (exact) mass is 413 g/mol. The molecule has 0 amide bonds.